The molecule has 0 bridgehead atoms. The molecular weight excluding hydrogens is 190 g/mol. The molecule has 0 aromatic carbocycles. The van der Waals surface area contributed by atoms with Crippen molar-refractivity contribution in [2.24, 2.45) is 0 Å². The summed E-state index contributed by atoms with van der Waals surface area (Å²) in [6, 6.07) is 1.56. The molecule has 13 heavy (non-hydrogen) atoms. The molecule has 2 N–H and O–H groups in total. The van der Waals surface area contributed by atoms with Crippen molar-refractivity contribution < 1.29 is 4.79 Å². The Balaban J connectivity index is 2.49. The first kappa shape index (κ1) is 8.31. The molecule has 0 spiro atoms. The van der Waals surface area contributed by atoms with Gasteiger partial charge in [-0.05, 0) is 6.07 Å². The van der Waals surface area contributed by atoms with E-state index in [0.717, 1.165) is 5.69 Å². The van der Waals surface area contributed by atoms with Crippen LogP contribution in [-0.2, 0) is 0 Å². The number of halogens is 1. The fourth-order valence-corrected chi connectivity index (χ4v) is 1.38. The standard InChI is InChI=1S/C8H8ClN3O/c9-7-3-5-6(4-12-7)10-1-2-11-8(5)13/h3-4,10H,1-2H2,(H,11,13). The minimum atomic E-state index is -0.107. The molecule has 0 saturated carbocycles. The van der Waals surface area contributed by atoms with Crippen LogP contribution in [0.4, 0.5) is 5.69 Å². The van der Waals surface area contributed by atoms with Gasteiger partial charge in [0.1, 0.15) is 5.15 Å². The van der Waals surface area contributed by atoms with Gasteiger partial charge in [0.05, 0.1) is 17.4 Å². The highest BCUT2D eigenvalue weighted by Crippen LogP contribution is 2.18. The first-order valence-electron chi connectivity index (χ1n) is 3.95. The van der Waals surface area contributed by atoms with Crippen molar-refractivity contribution in [2.45, 2.75) is 0 Å². The van der Waals surface area contributed by atoms with E-state index in [1.807, 2.05) is 0 Å². The van der Waals surface area contributed by atoms with Gasteiger partial charge in [0.15, 0.2) is 0 Å². The largest absolute Gasteiger partial charge is 0.381 e. The van der Waals surface area contributed by atoms with E-state index in [1.54, 1.807) is 12.3 Å². The third-order valence-corrected chi connectivity index (χ3v) is 2.05. The average Bonchev–Trinajstić information content (AvgIpc) is 2.29. The van der Waals surface area contributed by atoms with Crippen molar-refractivity contribution in [3.05, 3.63) is 23.0 Å². The number of hydrogen-bond donors (Lipinski definition) is 2. The molecule has 4 nitrogen and oxygen atoms in total. The zero-order chi connectivity index (χ0) is 9.26. The monoisotopic (exact) mass is 197 g/mol. The summed E-state index contributed by atoms with van der Waals surface area (Å²) in [4.78, 5) is 15.3. The SMILES string of the molecule is O=C1NCCNc2cnc(Cl)cc21. The minimum Gasteiger partial charge on any atom is -0.381 e. The lowest BCUT2D eigenvalue weighted by molar-refractivity contribution is 0.0958. The summed E-state index contributed by atoms with van der Waals surface area (Å²) < 4.78 is 0. The number of rotatable bonds is 0. The lowest BCUT2D eigenvalue weighted by Crippen LogP contribution is -2.24. The molecule has 5 heteroatoms. The smallest absolute Gasteiger partial charge is 0.253 e. The second-order valence-corrected chi connectivity index (χ2v) is 3.12. The van der Waals surface area contributed by atoms with Crippen LogP contribution in [-0.4, -0.2) is 24.0 Å². The summed E-state index contributed by atoms with van der Waals surface area (Å²) in [5.41, 5.74) is 1.29. The predicted molar refractivity (Wildman–Crippen MR) is 50.1 cm³/mol. The van der Waals surface area contributed by atoms with Gasteiger partial charge in [-0.1, -0.05) is 11.6 Å². The molecule has 1 aromatic rings. The van der Waals surface area contributed by atoms with E-state index in [4.69, 9.17) is 11.6 Å². The Kier molecular flexibility index (Phi) is 2.06. The van der Waals surface area contributed by atoms with Crippen LogP contribution in [0.2, 0.25) is 5.15 Å². The molecule has 2 heterocycles. The maximum absolute atomic E-state index is 11.4. The molecule has 1 amide bonds. The van der Waals surface area contributed by atoms with Crippen LogP contribution < -0.4 is 10.6 Å². The maximum Gasteiger partial charge on any atom is 0.253 e. The molecule has 0 radical (unpaired) electrons. The number of nitrogens with zero attached hydrogens (tertiary/aromatic N) is 1. The van der Waals surface area contributed by atoms with Crippen molar-refractivity contribution in [3.8, 4) is 0 Å². The number of nitrogens with one attached hydrogen (secondary N) is 2. The Labute approximate surface area is 80.3 Å². The summed E-state index contributed by atoms with van der Waals surface area (Å²) in [6.45, 7) is 1.33. The van der Waals surface area contributed by atoms with Crippen LogP contribution in [0.5, 0.6) is 0 Å². The zero-order valence-electron chi connectivity index (χ0n) is 6.80. The Morgan fingerprint density at radius 3 is 3.00 bits per heavy atom. The number of fused-ring (bicyclic) bond motifs is 1. The van der Waals surface area contributed by atoms with Gasteiger partial charge in [-0.2, -0.15) is 0 Å². The molecule has 1 aromatic heterocycles. The highest BCUT2D eigenvalue weighted by Gasteiger charge is 2.14. The molecular formula is C8H8ClN3O. The van der Waals surface area contributed by atoms with E-state index in [0.29, 0.717) is 23.8 Å². The van der Waals surface area contributed by atoms with Crippen molar-refractivity contribution in [1.82, 2.24) is 10.3 Å². The van der Waals surface area contributed by atoms with Gasteiger partial charge in [-0.3, -0.25) is 4.79 Å². The Hall–Kier alpha value is -1.29. The van der Waals surface area contributed by atoms with Crippen LogP contribution in [0.15, 0.2) is 12.3 Å². The van der Waals surface area contributed by atoms with Gasteiger partial charge in [0, 0.05) is 13.1 Å². The van der Waals surface area contributed by atoms with Crippen LogP contribution in [0.25, 0.3) is 0 Å². The van der Waals surface area contributed by atoms with Gasteiger partial charge in [0.25, 0.3) is 5.91 Å². The van der Waals surface area contributed by atoms with Gasteiger partial charge >= 0.3 is 0 Å². The normalized spacial score (nSPS) is 15.3. The maximum atomic E-state index is 11.4. The number of aromatic nitrogens is 1. The topological polar surface area (TPSA) is 54.0 Å². The highest BCUT2D eigenvalue weighted by molar-refractivity contribution is 6.29. The van der Waals surface area contributed by atoms with Crippen molar-refractivity contribution in [3.63, 3.8) is 0 Å². The molecule has 0 atom stereocenters. The van der Waals surface area contributed by atoms with Gasteiger partial charge < -0.3 is 10.6 Å². The Morgan fingerprint density at radius 1 is 1.38 bits per heavy atom. The number of pyridine rings is 1. The summed E-state index contributed by atoms with van der Waals surface area (Å²) in [5, 5.41) is 6.15. The molecule has 1 aliphatic heterocycles. The molecule has 0 saturated heterocycles. The van der Waals surface area contributed by atoms with E-state index >= 15 is 0 Å². The predicted octanol–water partition coefficient (Wildman–Crippen LogP) is 0.890. The van der Waals surface area contributed by atoms with Crippen LogP contribution in [0, 0.1) is 0 Å². The fraction of sp³-hybridized carbons (Fsp3) is 0.250. The number of hydrogen-bond acceptors (Lipinski definition) is 3. The molecule has 0 fully saturated rings. The third kappa shape index (κ3) is 1.58. The molecule has 1 aliphatic rings. The van der Waals surface area contributed by atoms with Crippen molar-refractivity contribution in [2.75, 3.05) is 18.4 Å². The first-order valence-corrected chi connectivity index (χ1v) is 4.33. The van der Waals surface area contributed by atoms with E-state index in [9.17, 15) is 4.79 Å². The van der Waals surface area contributed by atoms with Crippen molar-refractivity contribution >= 4 is 23.2 Å². The second-order valence-electron chi connectivity index (χ2n) is 2.74. The molecule has 68 valence electrons. The summed E-state index contributed by atoms with van der Waals surface area (Å²) in [6.07, 6.45) is 1.57. The zero-order valence-corrected chi connectivity index (χ0v) is 7.56. The fourth-order valence-electron chi connectivity index (χ4n) is 1.23. The summed E-state index contributed by atoms with van der Waals surface area (Å²) in [7, 11) is 0. The summed E-state index contributed by atoms with van der Waals surface area (Å²) in [5.74, 6) is -0.107. The van der Waals surface area contributed by atoms with Gasteiger partial charge in [0.2, 0.25) is 0 Å². The van der Waals surface area contributed by atoms with Crippen LogP contribution in [0.1, 0.15) is 10.4 Å². The number of amides is 1. The van der Waals surface area contributed by atoms with E-state index in [2.05, 4.69) is 15.6 Å². The molecule has 0 aliphatic carbocycles. The highest BCUT2D eigenvalue weighted by atomic mass is 35.5. The Morgan fingerprint density at radius 2 is 2.15 bits per heavy atom. The van der Waals surface area contributed by atoms with E-state index in [-0.39, 0.29) is 5.91 Å². The van der Waals surface area contributed by atoms with E-state index < -0.39 is 0 Å². The molecule has 0 unspecified atom stereocenters. The number of anilines is 1. The second kappa shape index (κ2) is 3.22. The van der Waals surface area contributed by atoms with Crippen LogP contribution in [0.3, 0.4) is 0 Å². The lowest BCUT2D eigenvalue weighted by Gasteiger charge is -2.04. The third-order valence-electron chi connectivity index (χ3n) is 1.84. The first-order chi connectivity index (χ1) is 6.27. The van der Waals surface area contributed by atoms with Gasteiger partial charge in [-0.15, -0.1) is 0 Å². The number of carbonyl (C=O) groups excluding carboxylic acids is 1. The quantitative estimate of drug-likeness (QED) is 0.608. The lowest BCUT2D eigenvalue weighted by atomic mass is 10.2. The van der Waals surface area contributed by atoms with E-state index in [1.165, 1.54) is 0 Å². The average molecular weight is 198 g/mol. The Bertz CT molecular complexity index is 353. The van der Waals surface area contributed by atoms with Crippen LogP contribution >= 0.6 is 11.6 Å². The molecule has 2 rings (SSSR count). The van der Waals surface area contributed by atoms with Gasteiger partial charge in [-0.25, -0.2) is 4.98 Å². The summed E-state index contributed by atoms with van der Waals surface area (Å²) >= 11 is 5.68. The minimum absolute atomic E-state index is 0.107. The van der Waals surface area contributed by atoms with Crippen molar-refractivity contribution in [1.29, 1.82) is 0 Å². The number of carbonyl (C=O) groups is 1.